The molecule has 0 aromatic carbocycles. The summed E-state index contributed by atoms with van der Waals surface area (Å²) in [5.41, 5.74) is 0. The summed E-state index contributed by atoms with van der Waals surface area (Å²) in [6.45, 7) is 0. The molecule has 122 valence electrons. The van der Waals surface area contributed by atoms with Crippen LogP contribution in [0.2, 0.25) is 18.1 Å². The van der Waals surface area contributed by atoms with E-state index < -0.39 is 8.32 Å². The highest BCUT2D eigenvalue weighted by atomic mass is 28.4. The average molecular weight is 309 g/mol. The van der Waals surface area contributed by atoms with Crippen molar-refractivity contribution in [3.05, 3.63) is 0 Å². The van der Waals surface area contributed by atoms with Crippen LogP contribution >= 0.6 is 0 Å². The fraction of sp³-hybridized carbons (Fsp3) is 1.00. The van der Waals surface area contributed by atoms with Crippen molar-refractivity contribution in [2.45, 2.75) is 95.2 Å². The molecule has 0 aromatic rings. The van der Waals surface area contributed by atoms with E-state index in [1.165, 1.54) is 95.2 Å². The first-order valence-corrected chi connectivity index (χ1v) is 12.4. The van der Waals surface area contributed by atoms with Crippen LogP contribution in [0.5, 0.6) is 0 Å². The minimum atomic E-state index is -1.40. The molecule has 3 aliphatic rings. The second-order valence-corrected chi connectivity index (χ2v) is 12.7. The molecule has 0 aliphatic heterocycles. The topological polar surface area (TPSA) is 9.23 Å². The Morgan fingerprint density at radius 2 is 1.00 bits per heavy atom. The van der Waals surface area contributed by atoms with Crippen molar-refractivity contribution in [2.24, 2.45) is 17.8 Å². The lowest BCUT2D eigenvalue weighted by Gasteiger charge is -2.37. The molecule has 2 heteroatoms. The van der Waals surface area contributed by atoms with Gasteiger partial charge in [-0.3, -0.25) is 0 Å². The standard InChI is InChI=1S/C19H36OSi/c1-20-21(14-11-17-5-2-6-17,15-12-18-7-3-8-18)16-13-19-9-4-10-19/h17-19H,2-16H2,1H3. The predicted octanol–water partition coefficient (Wildman–Crippen LogP) is 6.15. The minimum absolute atomic E-state index is 1.07. The van der Waals surface area contributed by atoms with Gasteiger partial charge < -0.3 is 4.43 Å². The second-order valence-electron chi connectivity index (χ2n) is 8.39. The van der Waals surface area contributed by atoms with Crippen LogP contribution in [0.25, 0.3) is 0 Å². The third-order valence-corrected chi connectivity index (χ3v) is 11.6. The van der Waals surface area contributed by atoms with Crippen LogP contribution in [0.15, 0.2) is 0 Å². The Balaban J connectivity index is 1.48. The second kappa shape index (κ2) is 7.63. The highest BCUT2D eigenvalue weighted by molar-refractivity contribution is 6.73. The highest BCUT2D eigenvalue weighted by Gasteiger charge is 2.37. The molecule has 0 saturated heterocycles. The molecule has 0 bridgehead atoms. The number of hydrogen-bond acceptors (Lipinski definition) is 1. The van der Waals surface area contributed by atoms with Crippen LogP contribution in [-0.2, 0) is 4.43 Å². The van der Waals surface area contributed by atoms with Gasteiger partial charge in [-0.05, 0) is 35.9 Å². The zero-order valence-electron chi connectivity index (χ0n) is 14.2. The summed E-state index contributed by atoms with van der Waals surface area (Å²) in [4.78, 5) is 0. The van der Waals surface area contributed by atoms with Crippen molar-refractivity contribution in [1.29, 1.82) is 0 Å². The lowest BCUT2D eigenvalue weighted by atomic mass is 9.83. The molecule has 21 heavy (non-hydrogen) atoms. The zero-order valence-corrected chi connectivity index (χ0v) is 15.2. The van der Waals surface area contributed by atoms with E-state index in [0.717, 1.165) is 17.8 Å². The fourth-order valence-corrected chi connectivity index (χ4v) is 8.59. The maximum atomic E-state index is 6.33. The summed E-state index contributed by atoms with van der Waals surface area (Å²) in [5.74, 6) is 3.21. The summed E-state index contributed by atoms with van der Waals surface area (Å²) in [7, 11) is 0.659. The van der Waals surface area contributed by atoms with Crippen LogP contribution in [0.1, 0.15) is 77.0 Å². The molecular formula is C19H36OSi. The summed E-state index contributed by atoms with van der Waals surface area (Å²) >= 11 is 0. The Morgan fingerprint density at radius 1 is 0.667 bits per heavy atom. The van der Waals surface area contributed by atoms with Crippen LogP contribution in [-0.4, -0.2) is 15.4 Å². The van der Waals surface area contributed by atoms with E-state index in [1.807, 2.05) is 0 Å². The molecule has 0 aromatic heterocycles. The van der Waals surface area contributed by atoms with Gasteiger partial charge in [0.1, 0.15) is 0 Å². The van der Waals surface area contributed by atoms with Crippen molar-refractivity contribution < 1.29 is 4.43 Å². The largest absolute Gasteiger partial charge is 0.420 e. The molecule has 0 heterocycles. The normalized spacial score (nSPS) is 24.4. The Bertz CT molecular complexity index is 259. The third kappa shape index (κ3) is 4.34. The molecule has 0 atom stereocenters. The predicted molar refractivity (Wildman–Crippen MR) is 93.1 cm³/mol. The van der Waals surface area contributed by atoms with Gasteiger partial charge in [0.05, 0.1) is 0 Å². The zero-order chi connectivity index (χ0) is 14.5. The molecule has 3 fully saturated rings. The maximum absolute atomic E-state index is 6.33. The Morgan fingerprint density at radius 3 is 1.19 bits per heavy atom. The van der Waals surface area contributed by atoms with Gasteiger partial charge in [0.15, 0.2) is 8.32 Å². The first kappa shape index (κ1) is 16.0. The van der Waals surface area contributed by atoms with Crippen molar-refractivity contribution >= 4 is 8.32 Å². The van der Waals surface area contributed by atoms with Crippen molar-refractivity contribution in [3.63, 3.8) is 0 Å². The van der Waals surface area contributed by atoms with Gasteiger partial charge in [-0.1, -0.05) is 77.0 Å². The first-order valence-electron chi connectivity index (χ1n) is 9.85. The molecule has 0 unspecified atom stereocenters. The highest BCUT2D eigenvalue weighted by Crippen LogP contribution is 2.41. The summed E-state index contributed by atoms with van der Waals surface area (Å²) in [6, 6.07) is 4.44. The van der Waals surface area contributed by atoms with E-state index in [0.29, 0.717) is 0 Å². The van der Waals surface area contributed by atoms with E-state index >= 15 is 0 Å². The molecule has 3 aliphatic carbocycles. The van der Waals surface area contributed by atoms with Gasteiger partial charge in [0.2, 0.25) is 0 Å². The molecule has 0 N–H and O–H groups in total. The summed E-state index contributed by atoms with van der Waals surface area (Å²) < 4.78 is 6.33. The molecule has 0 spiro atoms. The van der Waals surface area contributed by atoms with Gasteiger partial charge in [-0.25, -0.2) is 0 Å². The summed E-state index contributed by atoms with van der Waals surface area (Å²) in [6.07, 6.45) is 18.1. The quantitative estimate of drug-likeness (QED) is 0.440. The number of hydrogen-bond donors (Lipinski definition) is 0. The van der Waals surface area contributed by atoms with Crippen molar-refractivity contribution in [1.82, 2.24) is 0 Å². The van der Waals surface area contributed by atoms with Gasteiger partial charge in [-0.2, -0.15) is 0 Å². The van der Waals surface area contributed by atoms with Crippen LogP contribution in [0.4, 0.5) is 0 Å². The Labute approximate surface area is 133 Å². The van der Waals surface area contributed by atoms with E-state index in [4.69, 9.17) is 4.43 Å². The SMILES string of the molecule is CO[Si](CCC1CCC1)(CCC1CCC1)CCC1CCC1. The monoisotopic (exact) mass is 308 g/mol. The van der Waals surface area contributed by atoms with Crippen LogP contribution in [0.3, 0.4) is 0 Å². The lowest BCUT2D eigenvalue weighted by Crippen LogP contribution is -2.39. The van der Waals surface area contributed by atoms with E-state index in [9.17, 15) is 0 Å². The summed E-state index contributed by atoms with van der Waals surface area (Å²) in [5, 5.41) is 0. The van der Waals surface area contributed by atoms with Gasteiger partial charge >= 0.3 is 0 Å². The minimum Gasteiger partial charge on any atom is -0.420 e. The fourth-order valence-electron chi connectivity index (χ4n) is 4.43. The van der Waals surface area contributed by atoms with Gasteiger partial charge in [-0.15, -0.1) is 0 Å². The molecular weight excluding hydrogens is 272 g/mol. The molecule has 3 saturated carbocycles. The Kier molecular flexibility index (Phi) is 5.83. The Hall–Kier alpha value is 0.177. The molecule has 0 amide bonds. The first-order chi connectivity index (χ1) is 10.3. The van der Waals surface area contributed by atoms with E-state index in [1.54, 1.807) is 0 Å². The molecule has 0 radical (unpaired) electrons. The average Bonchev–Trinajstić information content (AvgIpc) is 2.32. The van der Waals surface area contributed by atoms with Crippen LogP contribution < -0.4 is 0 Å². The molecule has 1 nitrogen and oxygen atoms in total. The van der Waals surface area contributed by atoms with E-state index in [-0.39, 0.29) is 0 Å². The van der Waals surface area contributed by atoms with E-state index in [2.05, 4.69) is 7.11 Å². The van der Waals surface area contributed by atoms with Gasteiger partial charge in [0.25, 0.3) is 0 Å². The molecule has 3 rings (SSSR count). The third-order valence-electron chi connectivity index (χ3n) is 7.13. The smallest absolute Gasteiger partial charge is 0.192 e. The maximum Gasteiger partial charge on any atom is 0.192 e. The van der Waals surface area contributed by atoms with Crippen LogP contribution in [0, 0.1) is 17.8 Å². The lowest BCUT2D eigenvalue weighted by molar-refractivity contribution is 0.276. The van der Waals surface area contributed by atoms with Crippen molar-refractivity contribution in [2.75, 3.05) is 7.11 Å². The van der Waals surface area contributed by atoms with Gasteiger partial charge in [0, 0.05) is 7.11 Å². The van der Waals surface area contributed by atoms with Crippen molar-refractivity contribution in [3.8, 4) is 0 Å². The number of rotatable bonds is 10.